The van der Waals surface area contributed by atoms with Crippen LogP contribution in [0.4, 0.5) is 4.79 Å². The topological polar surface area (TPSA) is 67.5 Å². The summed E-state index contributed by atoms with van der Waals surface area (Å²) in [6.07, 6.45) is 2.01. The lowest BCUT2D eigenvalue weighted by atomic mass is 10.0. The number of nitrogens with zero attached hydrogens (tertiary/aromatic N) is 1. The highest BCUT2D eigenvalue weighted by atomic mass is 16.2. The van der Waals surface area contributed by atoms with Crippen molar-refractivity contribution >= 4 is 11.7 Å². The number of carbonyl (C=O) groups excluding carboxylic acids is 1. The van der Waals surface area contributed by atoms with E-state index >= 15 is 0 Å². The molecule has 0 heterocycles. The van der Waals surface area contributed by atoms with Gasteiger partial charge in [-0.25, -0.2) is 10.2 Å². The molecule has 1 atom stereocenters. The van der Waals surface area contributed by atoms with E-state index in [0.29, 0.717) is 5.92 Å². The average molecular weight is 171 g/mol. The first-order valence-electron chi connectivity index (χ1n) is 4.14. The van der Waals surface area contributed by atoms with Crippen molar-refractivity contribution in [2.45, 2.75) is 33.6 Å². The molecular formula is C8H17N3O. The van der Waals surface area contributed by atoms with Gasteiger partial charge < -0.3 is 5.73 Å². The third-order valence-corrected chi connectivity index (χ3v) is 1.70. The van der Waals surface area contributed by atoms with Crippen LogP contribution in [0.15, 0.2) is 5.10 Å². The molecule has 0 aliphatic carbocycles. The van der Waals surface area contributed by atoms with E-state index < -0.39 is 6.03 Å². The van der Waals surface area contributed by atoms with Gasteiger partial charge in [0.15, 0.2) is 0 Å². The second kappa shape index (κ2) is 5.57. The smallest absolute Gasteiger partial charge is 0.332 e. The highest BCUT2D eigenvalue weighted by Gasteiger charge is 2.00. The number of hydrazone groups is 1. The summed E-state index contributed by atoms with van der Waals surface area (Å²) in [5.74, 6) is 0.600. The Balaban J connectivity index is 3.77. The Morgan fingerprint density at radius 1 is 1.67 bits per heavy atom. The molecule has 2 amide bonds. The second-order valence-corrected chi connectivity index (χ2v) is 3.04. The Kier molecular flexibility index (Phi) is 5.08. The summed E-state index contributed by atoms with van der Waals surface area (Å²) in [5, 5.41) is 3.80. The van der Waals surface area contributed by atoms with Crippen molar-refractivity contribution < 1.29 is 4.79 Å². The Morgan fingerprint density at radius 3 is 2.67 bits per heavy atom. The molecule has 0 aliphatic heterocycles. The molecular weight excluding hydrogens is 154 g/mol. The highest BCUT2D eigenvalue weighted by molar-refractivity contribution is 5.83. The zero-order valence-corrected chi connectivity index (χ0v) is 7.92. The van der Waals surface area contributed by atoms with Gasteiger partial charge in [0.1, 0.15) is 0 Å². The molecule has 0 aromatic carbocycles. The lowest BCUT2D eigenvalue weighted by Gasteiger charge is -2.06. The van der Waals surface area contributed by atoms with Crippen LogP contribution in [-0.4, -0.2) is 11.7 Å². The maximum Gasteiger partial charge on any atom is 0.332 e. The molecule has 0 aromatic heterocycles. The standard InChI is InChI=1S/C8H17N3O/c1-4-6(2)5-7(3)10-11-8(9)12/h6H,4-5H2,1-3H3,(H3,9,11,12). The van der Waals surface area contributed by atoms with Crippen LogP contribution in [0.2, 0.25) is 0 Å². The molecule has 0 fully saturated rings. The number of carbonyl (C=O) groups is 1. The van der Waals surface area contributed by atoms with E-state index in [-0.39, 0.29) is 0 Å². The van der Waals surface area contributed by atoms with Crippen molar-refractivity contribution in [1.82, 2.24) is 5.43 Å². The van der Waals surface area contributed by atoms with Crippen LogP contribution in [0.25, 0.3) is 0 Å². The highest BCUT2D eigenvalue weighted by Crippen LogP contribution is 2.06. The van der Waals surface area contributed by atoms with Gasteiger partial charge in [0.2, 0.25) is 0 Å². The molecule has 0 aromatic rings. The van der Waals surface area contributed by atoms with Crippen molar-refractivity contribution in [3.63, 3.8) is 0 Å². The molecule has 0 saturated heterocycles. The summed E-state index contributed by atoms with van der Waals surface area (Å²) < 4.78 is 0. The van der Waals surface area contributed by atoms with Gasteiger partial charge in [-0.05, 0) is 19.3 Å². The average Bonchev–Trinajstić information content (AvgIpc) is 2.00. The minimum atomic E-state index is -0.612. The Hall–Kier alpha value is -1.06. The molecule has 0 radical (unpaired) electrons. The van der Waals surface area contributed by atoms with Gasteiger partial charge in [-0.3, -0.25) is 0 Å². The third kappa shape index (κ3) is 5.70. The number of rotatable bonds is 4. The van der Waals surface area contributed by atoms with E-state index in [1.165, 1.54) is 0 Å². The van der Waals surface area contributed by atoms with Gasteiger partial charge in [-0.15, -0.1) is 0 Å². The Labute approximate surface area is 73.2 Å². The molecule has 70 valence electrons. The van der Waals surface area contributed by atoms with Gasteiger partial charge in [0.05, 0.1) is 0 Å². The number of urea groups is 1. The van der Waals surface area contributed by atoms with E-state index in [1.807, 2.05) is 6.92 Å². The molecule has 0 saturated carbocycles. The summed E-state index contributed by atoms with van der Waals surface area (Å²) in [7, 11) is 0. The first-order valence-corrected chi connectivity index (χ1v) is 4.14. The summed E-state index contributed by atoms with van der Waals surface area (Å²) in [4.78, 5) is 10.3. The third-order valence-electron chi connectivity index (χ3n) is 1.70. The van der Waals surface area contributed by atoms with Crippen LogP contribution in [0.1, 0.15) is 33.6 Å². The van der Waals surface area contributed by atoms with E-state index in [0.717, 1.165) is 18.6 Å². The molecule has 0 bridgehead atoms. The van der Waals surface area contributed by atoms with Crippen molar-refractivity contribution in [2.24, 2.45) is 16.8 Å². The van der Waals surface area contributed by atoms with Gasteiger partial charge in [-0.2, -0.15) is 5.10 Å². The number of nitrogens with two attached hydrogens (primary N) is 1. The summed E-state index contributed by atoms with van der Waals surface area (Å²) in [5.41, 5.74) is 7.95. The summed E-state index contributed by atoms with van der Waals surface area (Å²) in [6, 6.07) is -0.612. The Bertz CT molecular complexity index is 177. The van der Waals surface area contributed by atoms with Gasteiger partial charge in [-0.1, -0.05) is 20.3 Å². The summed E-state index contributed by atoms with van der Waals surface area (Å²) in [6.45, 7) is 6.14. The van der Waals surface area contributed by atoms with Crippen molar-refractivity contribution in [3.05, 3.63) is 0 Å². The monoisotopic (exact) mass is 171 g/mol. The van der Waals surface area contributed by atoms with Crippen molar-refractivity contribution in [2.75, 3.05) is 0 Å². The van der Waals surface area contributed by atoms with E-state index in [2.05, 4.69) is 24.4 Å². The number of hydrogen-bond donors (Lipinski definition) is 2. The van der Waals surface area contributed by atoms with Crippen LogP contribution in [0.5, 0.6) is 0 Å². The quantitative estimate of drug-likeness (QED) is 0.488. The van der Waals surface area contributed by atoms with E-state index in [9.17, 15) is 4.79 Å². The Morgan fingerprint density at radius 2 is 2.25 bits per heavy atom. The number of primary amides is 1. The molecule has 0 aliphatic rings. The molecule has 4 nitrogen and oxygen atoms in total. The van der Waals surface area contributed by atoms with E-state index in [4.69, 9.17) is 5.73 Å². The number of hydrogen-bond acceptors (Lipinski definition) is 2. The molecule has 12 heavy (non-hydrogen) atoms. The number of amides is 2. The summed E-state index contributed by atoms with van der Waals surface area (Å²) >= 11 is 0. The first kappa shape index (κ1) is 10.9. The molecule has 3 N–H and O–H groups in total. The minimum Gasteiger partial charge on any atom is -0.350 e. The molecule has 0 rings (SSSR count). The second-order valence-electron chi connectivity index (χ2n) is 3.04. The normalized spacial score (nSPS) is 14.1. The lowest BCUT2D eigenvalue weighted by Crippen LogP contribution is -2.25. The van der Waals surface area contributed by atoms with Gasteiger partial charge in [0.25, 0.3) is 0 Å². The van der Waals surface area contributed by atoms with Crippen LogP contribution in [-0.2, 0) is 0 Å². The van der Waals surface area contributed by atoms with Crippen LogP contribution in [0.3, 0.4) is 0 Å². The predicted octanol–water partition coefficient (Wildman–Crippen LogP) is 1.47. The van der Waals surface area contributed by atoms with Crippen LogP contribution >= 0.6 is 0 Å². The fourth-order valence-electron chi connectivity index (χ4n) is 0.845. The fraction of sp³-hybridized carbons (Fsp3) is 0.750. The molecule has 1 unspecified atom stereocenters. The zero-order valence-electron chi connectivity index (χ0n) is 7.92. The SMILES string of the molecule is CCC(C)CC(C)=NNC(N)=O. The maximum absolute atomic E-state index is 10.3. The predicted molar refractivity (Wildman–Crippen MR) is 49.9 cm³/mol. The zero-order chi connectivity index (χ0) is 9.56. The largest absolute Gasteiger partial charge is 0.350 e. The first-order chi connectivity index (χ1) is 5.56. The minimum absolute atomic E-state index is 0.600. The van der Waals surface area contributed by atoms with Gasteiger partial charge >= 0.3 is 6.03 Å². The van der Waals surface area contributed by atoms with Gasteiger partial charge in [0, 0.05) is 5.71 Å². The van der Waals surface area contributed by atoms with Crippen LogP contribution in [0, 0.1) is 5.92 Å². The molecule has 4 heteroatoms. The van der Waals surface area contributed by atoms with Crippen molar-refractivity contribution in [1.29, 1.82) is 0 Å². The fourth-order valence-corrected chi connectivity index (χ4v) is 0.845. The maximum atomic E-state index is 10.3. The van der Waals surface area contributed by atoms with Crippen LogP contribution < -0.4 is 11.2 Å². The van der Waals surface area contributed by atoms with Crippen molar-refractivity contribution in [3.8, 4) is 0 Å². The lowest BCUT2D eigenvalue weighted by molar-refractivity contribution is 0.249. The number of nitrogens with one attached hydrogen (secondary N) is 1. The molecule has 0 spiro atoms. The van der Waals surface area contributed by atoms with E-state index in [1.54, 1.807) is 0 Å².